The van der Waals surface area contributed by atoms with Crippen molar-refractivity contribution in [2.75, 3.05) is 19.9 Å². The van der Waals surface area contributed by atoms with Crippen molar-refractivity contribution in [3.63, 3.8) is 0 Å². The molecule has 3 aliphatic heterocycles. The average Bonchev–Trinajstić information content (AvgIpc) is 3.56. The molecular weight excluding hydrogens is 939 g/mol. The van der Waals surface area contributed by atoms with Gasteiger partial charge in [0, 0.05) is 48.9 Å². The number of carbonyl (C=O) groups is 6. The maximum Gasteiger partial charge on any atom is 0.524 e. The Morgan fingerprint density at radius 1 is 1.06 bits per heavy atom. The van der Waals surface area contributed by atoms with Crippen LogP contribution >= 0.6 is 7.82 Å². The monoisotopic (exact) mass is 989 g/mol. The summed E-state index contributed by atoms with van der Waals surface area (Å²) in [5.41, 5.74) is -3.06. The molecule has 1 aromatic heterocycles. The lowest BCUT2D eigenvalue weighted by Crippen LogP contribution is -2.52. The molecule has 2 bridgehead atoms. The van der Waals surface area contributed by atoms with Crippen molar-refractivity contribution in [2.24, 2.45) is 5.16 Å². The van der Waals surface area contributed by atoms with Crippen LogP contribution in [0.15, 0.2) is 46.5 Å². The second kappa shape index (κ2) is 20.4. The summed E-state index contributed by atoms with van der Waals surface area (Å²) in [6.07, 6.45) is -0.571. The number of carboxylic acids is 2. The Balaban J connectivity index is 1.23. The summed E-state index contributed by atoms with van der Waals surface area (Å²) in [7, 11) is -5.22. The highest BCUT2D eigenvalue weighted by Gasteiger charge is 2.54. The number of amides is 3. The van der Waals surface area contributed by atoms with Crippen molar-refractivity contribution < 1.29 is 85.7 Å². The van der Waals surface area contributed by atoms with E-state index in [0.29, 0.717) is 36.6 Å². The standard InChI is InChI=1S/C44H50F2N5O17P/c1-22-12-26(14-33(52)48-30(41(58)59)16-34(53)54)35(31(13-22)67-69(61,62)63)43(4,5)10-11-64-42(60)66-21-65-38-36-40(57)50-20-32(44(9-8-24(50)3)17-23(2)49-68-44)51(36)19-28(37(38)55)39(56)47-18-25-6-7-27(45)15-29(25)46/h6-7,12-13,15,19,24,30,32H,8-11,14,16-18,20-21H2,1-5H3,(H,47,56)(H,48,52)(H,53,54)(H,58,59)(H2,61,62,63)/t24-,30-,32+,44-/m0/s1. The van der Waals surface area contributed by atoms with E-state index in [1.54, 1.807) is 25.7 Å². The topological polar surface area (TPSA) is 308 Å². The first-order valence-electron chi connectivity index (χ1n) is 21.4. The van der Waals surface area contributed by atoms with Gasteiger partial charge in [0.15, 0.2) is 11.3 Å². The molecule has 22 nitrogen and oxygen atoms in total. The number of aliphatic carboxylic acids is 2. The van der Waals surface area contributed by atoms with E-state index in [1.807, 2.05) is 6.92 Å². The van der Waals surface area contributed by atoms with Crippen LogP contribution in [-0.4, -0.2) is 109 Å². The molecule has 25 heteroatoms. The van der Waals surface area contributed by atoms with Crippen LogP contribution in [0.4, 0.5) is 13.6 Å². The van der Waals surface area contributed by atoms with Crippen molar-refractivity contribution in [3.8, 4) is 11.5 Å². The fourth-order valence-corrected chi connectivity index (χ4v) is 9.16. The van der Waals surface area contributed by atoms with Crippen LogP contribution in [0, 0.1) is 18.6 Å². The second-order valence-electron chi connectivity index (χ2n) is 17.6. The number of benzene rings is 2. The molecule has 0 radical (unpaired) electrons. The Hall–Kier alpha value is -6.91. The van der Waals surface area contributed by atoms with Crippen LogP contribution in [0.3, 0.4) is 0 Å². The molecule has 4 atom stereocenters. The van der Waals surface area contributed by atoms with E-state index < -0.39 is 128 Å². The molecule has 372 valence electrons. The number of halogens is 2. The first kappa shape index (κ1) is 51.5. The maximum atomic E-state index is 14.5. The smallest absolute Gasteiger partial charge is 0.481 e. The number of rotatable bonds is 18. The van der Waals surface area contributed by atoms with E-state index in [0.717, 1.165) is 12.1 Å². The van der Waals surface area contributed by atoms with E-state index in [1.165, 1.54) is 29.8 Å². The maximum absolute atomic E-state index is 14.5. The number of phosphoric acid groups is 1. The average molecular weight is 990 g/mol. The molecule has 0 aliphatic carbocycles. The number of hydrogen-bond donors (Lipinski definition) is 6. The molecule has 3 amide bonds. The highest BCUT2D eigenvalue weighted by atomic mass is 31.2. The van der Waals surface area contributed by atoms with Gasteiger partial charge in [-0.3, -0.25) is 33.8 Å². The minimum absolute atomic E-state index is 0.0516. The fourth-order valence-electron chi connectivity index (χ4n) is 8.76. The molecule has 0 unspecified atom stereocenters. The molecule has 6 rings (SSSR count). The van der Waals surface area contributed by atoms with Gasteiger partial charge in [-0.2, -0.15) is 0 Å². The molecule has 1 saturated heterocycles. The molecule has 0 saturated carbocycles. The molecule has 4 heterocycles. The van der Waals surface area contributed by atoms with E-state index in [2.05, 4.69) is 15.8 Å². The Labute approximate surface area is 391 Å². The predicted octanol–water partition coefficient (Wildman–Crippen LogP) is 3.99. The van der Waals surface area contributed by atoms with Crippen molar-refractivity contribution in [2.45, 2.75) is 109 Å². The van der Waals surface area contributed by atoms with Gasteiger partial charge < -0.3 is 53.9 Å². The van der Waals surface area contributed by atoms with Gasteiger partial charge in [0.2, 0.25) is 23.9 Å². The normalized spacial score (nSPS) is 19.1. The Bertz CT molecular complexity index is 2720. The predicted molar refractivity (Wildman–Crippen MR) is 233 cm³/mol. The number of ether oxygens (including phenoxy) is 3. The first-order chi connectivity index (χ1) is 32.3. The molecule has 6 N–H and O–H groups in total. The van der Waals surface area contributed by atoms with Gasteiger partial charge >= 0.3 is 25.9 Å². The number of aryl methyl sites for hydroxylation is 1. The minimum atomic E-state index is -5.22. The van der Waals surface area contributed by atoms with Crippen LogP contribution in [0.5, 0.6) is 11.5 Å². The third-order valence-electron chi connectivity index (χ3n) is 12.0. The van der Waals surface area contributed by atoms with Crippen LogP contribution in [-0.2, 0) is 51.6 Å². The lowest BCUT2D eigenvalue weighted by Gasteiger charge is -2.42. The second-order valence-corrected chi connectivity index (χ2v) is 18.8. The summed E-state index contributed by atoms with van der Waals surface area (Å²) in [6.45, 7) is 6.39. The van der Waals surface area contributed by atoms with Crippen molar-refractivity contribution in [3.05, 3.63) is 91.9 Å². The van der Waals surface area contributed by atoms with E-state index in [-0.39, 0.29) is 47.1 Å². The number of phosphoric ester groups is 1. The van der Waals surface area contributed by atoms with Gasteiger partial charge in [-0.15, -0.1) is 0 Å². The number of hydrogen-bond acceptors (Lipinski definition) is 14. The number of carboxylic acid groups (broad SMARTS) is 2. The van der Waals surface area contributed by atoms with Crippen LogP contribution in [0.25, 0.3) is 0 Å². The number of carbonyl (C=O) groups excluding carboxylic acids is 4. The largest absolute Gasteiger partial charge is 0.524 e. The van der Waals surface area contributed by atoms with Crippen LogP contribution in [0.1, 0.15) is 109 Å². The van der Waals surface area contributed by atoms with Crippen molar-refractivity contribution in [1.29, 1.82) is 0 Å². The van der Waals surface area contributed by atoms with Gasteiger partial charge in [0.1, 0.15) is 29.0 Å². The zero-order valence-corrected chi connectivity index (χ0v) is 38.8. The number of fused-ring (bicyclic) bond motifs is 5. The lowest BCUT2D eigenvalue weighted by molar-refractivity contribution is -0.147. The molecular formula is C44H50F2N5O17P. The first-order valence-corrected chi connectivity index (χ1v) is 22.9. The summed E-state index contributed by atoms with van der Waals surface area (Å²) in [4.78, 5) is 118. The summed E-state index contributed by atoms with van der Waals surface area (Å²) in [5.74, 6) is -8.52. The van der Waals surface area contributed by atoms with Gasteiger partial charge in [-0.1, -0.05) is 31.1 Å². The fraction of sp³-hybridized carbons (Fsp3) is 0.455. The van der Waals surface area contributed by atoms with Gasteiger partial charge in [0.25, 0.3) is 11.8 Å². The summed E-state index contributed by atoms with van der Waals surface area (Å²) in [6, 6.07) is 2.64. The van der Waals surface area contributed by atoms with Crippen LogP contribution < -0.4 is 25.3 Å². The van der Waals surface area contributed by atoms with Crippen molar-refractivity contribution >= 4 is 49.3 Å². The summed E-state index contributed by atoms with van der Waals surface area (Å²) < 4.78 is 62.7. The third-order valence-corrected chi connectivity index (χ3v) is 12.5. The van der Waals surface area contributed by atoms with E-state index in [4.69, 9.17) is 28.7 Å². The van der Waals surface area contributed by atoms with Crippen molar-refractivity contribution in [1.82, 2.24) is 20.1 Å². The number of pyridine rings is 1. The van der Waals surface area contributed by atoms with Gasteiger partial charge in [0.05, 0.1) is 31.2 Å². The van der Waals surface area contributed by atoms with Gasteiger partial charge in [-0.05, 0) is 68.7 Å². The van der Waals surface area contributed by atoms with Gasteiger partial charge in [-0.25, -0.2) is 22.9 Å². The Morgan fingerprint density at radius 3 is 2.42 bits per heavy atom. The van der Waals surface area contributed by atoms with E-state index in [9.17, 15) is 61.8 Å². The summed E-state index contributed by atoms with van der Waals surface area (Å²) in [5, 5.41) is 27.3. The van der Waals surface area contributed by atoms with E-state index >= 15 is 0 Å². The third kappa shape index (κ3) is 11.9. The number of nitrogens with zero attached hydrogens (tertiary/aromatic N) is 3. The molecule has 3 aliphatic rings. The molecule has 1 spiro atoms. The molecule has 1 fully saturated rings. The Kier molecular flexibility index (Phi) is 15.2. The van der Waals surface area contributed by atoms with Crippen LogP contribution in [0.2, 0.25) is 0 Å². The lowest BCUT2D eigenvalue weighted by atomic mass is 9.77. The highest BCUT2D eigenvalue weighted by molar-refractivity contribution is 7.46. The zero-order valence-electron chi connectivity index (χ0n) is 37.9. The molecule has 69 heavy (non-hydrogen) atoms. The number of oxime groups is 1. The number of nitrogens with one attached hydrogen (secondary N) is 2. The number of aromatic nitrogens is 1. The summed E-state index contributed by atoms with van der Waals surface area (Å²) >= 11 is 0. The SMILES string of the molecule is CC1=NO[C@@]2(CC[C@H](C)N3C[C@H]2n2cc(C(=O)NCc4ccc(F)cc4F)c(=O)c(OCOC(=O)OCCC(C)(C)c4c(CC(=O)N[C@@H](CC(=O)O)C(=O)O)cc(C)cc4OP(=O)(O)O)c2C3=O)C1. The molecule has 3 aromatic rings. The minimum Gasteiger partial charge on any atom is -0.481 e. The quantitative estimate of drug-likeness (QED) is 0.0596. The molecule has 2 aromatic carbocycles. The Morgan fingerprint density at radius 2 is 1.78 bits per heavy atom. The zero-order chi connectivity index (χ0) is 50.7. The highest BCUT2D eigenvalue weighted by Crippen LogP contribution is 2.47.